The summed E-state index contributed by atoms with van der Waals surface area (Å²) in [7, 11) is 0. The number of rotatable bonds is 2. The number of halogens is 1. The van der Waals surface area contributed by atoms with E-state index >= 15 is 0 Å². The molecule has 1 heterocycles. The van der Waals surface area contributed by atoms with Crippen LogP contribution in [0.3, 0.4) is 0 Å². The lowest BCUT2D eigenvalue weighted by Crippen LogP contribution is -2.01. The molecule has 14 heavy (non-hydrogen) atoms. The van der Waals surface area contributed by atoms with Crippen molar-refractivity contribution in [3.8, 4) is 17.2 Å². The van der Waals surface area contributed by atoms with Crippen molar-refractivity contribution >= 4 is 0 Å². The number of hydrogen-bond donors (Lipinski definition) is 2. The Morgan fingerprint density at radius 1 is 1.57 bits per heavy atom. The molecule has 3 N–H and O–H groups in total. The van der Waals surface area contributed by atoms with Crippen LogP contribution in [0.15, 0.2) is 6.07 Å². The van der Waals surface area contributed by atoms with Gasteiger partial charge in [-0.05, 0) is 0 Å². The quantitative estimate of drug-likeness (QED) is 0.687. The van der Waals surface area contributed by atoms with Crippen LogP contribution >= 0.6 is 0 Å². The molecule has 0 saturated heterocycles. The fourth-order valence-corrected chi connectivity index (χ4v) is 1.28. The SMILES string of the molecule is NOCc1c(O)c(F)cc2c1OCO2. The van der Waals surface area contributed by atoms with Gasteiger partial charge < -0.3 is 14.6 Å². The van der Waals surface area contributed by atoms with Crippen molar-refractivity contribution in [1.82, 2.24) is 0 Å². The van der Waals surface area contributed by atoms with E-state index in [-0.39, 0.29) is 30.5 Å². The van der Waals surface area contributed by atoms with E-state index < -0.39 is 11.6 Å². The van der Waals surface area contributed by atoms with Gasteiger partial charge in [0.05, 0.1) is 5.56 Å². The van der Waals surface area contributed by atoms with Crippen LogP contribution in [0.1, 0.15) is 5.56 Å². The van der Waals surface area contributed by atoms with Crippen LogP contribution < -0.4 is 15.4 Å². The van der Waals surface area contributed by atoms with E-state index in [1.165, 1.54) is 0 Å². The highest BCUT2D eigenvalue weighted by Gasteiger charge is 2.24. The highest BCUT2D eigenvalue weighted by molar-refractivity contribution is 5.54. The molecule has 0 amide bonds. The largest absolute Gasteiger partial charge is 0.504 e. The minimum Gasteiger partial charge on any atom is -0.504 e. The van der Waals surface area contributed by atoms with Crippen LogP contribution in [0, 0.1) is 5.82 Å². The smallest absolute Gasteiger partial charge is 0.231 e. The molecular formula is C8H8FNO4. The lowest BCUT2D eigenvalue weighted by Gasteiger charge is -2.07. The van der Waals surface area contributed by atoms with Crippen LogP contribution in [-0.2, 0) is 11.4 Å². The Kier molecular flexibility index (Phi) is 2.14. The predicted octanol–water partition coefficient (Wildman–Crippen LogP) is 0.650. The van der Waals surface area contributed by atoms with Gasteiger partial charge in [-0.2, -0.15) is 0 Å². The molecule has 0 atom stereocenters. The molecule has 0 spiro atoms. The third-order valence-electron chi connectivity index (χ3n) is 1.91. The molecule has 6 heteroatoms. The Bertz CT molecular complexity index is 369. The van der Waals surface area contributed by atoms with Crippen LogP contribution in [0.25, 0.3) is 0 Å². The van der Waals surface area contributed by atoms with Crippen molar-refractivity contribution in [1.29, 1.82) is 0 Å². The Hall–Kier alpha value is -1.53. The van der Waals surface area contributed by atoms with Crippen molar-refractivity contribution in [3.05, 3.63) is 17.4 Å². The van der Waals surface area contributed by atoms with Crippen molar-refractivity contribution in [2.24, 2.45) is 5.90 Å². The van der Waals surface area contributed by atoms with Crippen molar-refractivity contribution in [2.75, 3.05) is 6.79 Å². The topological polar surface area (TPSA) is 73.9 Å². The molecule has 1 aliphatic heterocycles. The molecule has 0 bridgehead atoms. The average Bonchev–Trinajstić information content (AvgIpc) is 2.60. The van der Waals surface area contributed by atoms with E-state index in [1.807, 2.05) is 0 Å². The van der Waals surface area contributed by atoms with Gasteiger partial charge in [-0.15, -0.1) is 0 Å². The first-order valence-electron chi connectivity index (χ1n) is 3.85. The molecule has 0 unspecified atom stereocenters. The first-order valence-corrected chi connectivity index (χ1v) is 3.85. The van der Waals surface area contributed by atoms with Crippen molar-refractivity contribution in [2.45, 2.75) is 6.61 Å². The Balaban J connectivity index is 2.54. The van der Waals surface area contributed by atoms with Gasteiger partial charge in [-0.1, -0.05) is 0 Å². The zero-order chi connectivity index (χ0) is 10.1. The number of nitrogens with two attached hydrogens (primary N) is 1. The fourth-order valence-electron chi connectivity index (χ4n) is 1.28. The third kappa shape index (κ3) is 1.24. The molecule has 0 aliphatic carbocycles. The molecule has 1 aromatic carbocycles. The predicted molar refractivity (Wildman–Crippen MR) is 43.2 cm³/mol. The summed E-state index contributed by atoms with van der Waals surface area (Å²) in [5.74, 6) is 4.04. The van der Waals surface area contributed by atoms with Gasteiger partial charge in [-0.3, -0.25) is 4.84 Å². The van der Waals surface area contributed by atoms with E-state index in [9.17, 15) is 9.50 Å². The minimum absolute atomic E-state index is 0.00417. The molecule has 0 aromatic heterocycles. The van der Waals surface area contributed by atoms with Gasteiger partial charge in [0.2, 0.25) is 6.79 Å². The lowest BCUT2D eigenvalue weighted by molar-refractivity contribution is 0.117. The summed E-state index contributed by atoms with van der Waals surface area (Å²) in [5, 5.41) is 9.35. The minimum atomic E-state index is -0.790. The number of phenolic OH excluding ortho intramolecular Hbond substituents is 1. The second kappa shape index (κ2) is 3.32. The normalized spacial score (nSPS) is 13.3. The van der Waals surface area contributed by atoms with Crippen LogP contribution in [0.4, 0.5) is 4.39 Å². The summed E-state index contributed by atoms with van der Waals surface area (Å²) in [4.78, 5) is 4.33. The van der Waals surface area contributed by atoms with Gasteiger partial charge in [0, 0.05) is 6.07 Å². The third-order valence-corrected chi connectivity index (χ3v) is 1.91. The number of fused-ring (bicyclic) bond motifs is 1. The summed E-state index contributed by atoms with van der Waals surface area (Å²) in [6.45, 7) is -0.148. The van der Waals surface area contributed by atoms with Crippen LogP contribution in [0.5, 0.6) is 17.2 Å². The monoisotopic (exact) mass is 201 g/mol. The van der Waals surface area contributed by atoms with Gasteiger partial charge in [-0.25, -0.2) is 10.3 Å². The number of ether oxygens (including phenoxy) is 2. The summed E-state index contributed by atoms with van der Waals surface area (Å²) in [6.07, 6.45) is 0. The maximum atomic E-state index is 13.1. The highest BCUT2D eigenvalue weighted by Crippen LogP contribution is 2.42. The number of benzene rings is 1. The number of hydrogen-bond acceptors (Lipinski definition) is 5. The lowest BCUT2D eigenvalue weighted by atomic mass is 10.1. The summed E-state index contributed by atoms with van der Waals surface area (Å²) < 4.78 is 23.1. The van der Waals surface area contributed by atoms with Gasteiger partial charge in [0.25, 0.3) is 0 Å². The van der Waals surface area contributed by atoms with Gasteiger partial charge >= 0.3 is 0 Å². The van der Waals surface area contributed by atoms with E-state index in [1.54, 1.807) is 0 Å². The molecule has 0 radical (unpaired) electrons. The molecule has 1 aliphatic rings. The van der Waals surface area contributed by atoms with Gasteiger partial charge in [0.1, 0.15) is 6.61 Å². The molecule has 1 aromatic rings. The Morgan fingerprint density at radius 2 is 2.36 bits per heavy atom. The second-order valence-electron chi connectivity index (χ2n) is 2.73. The van der Waals surface area contributed by atoms with E-state index in [0.29, 0.717) is 0 Å². The molecule has 2 rings (SSSR count). The molecular weight excluding hydrogens is 193 g/mol. The number of phenols is 1. The maximum absolute atomic E-state index is 13.1. The molecule has 76 valence electrons. The molecule has 0 fully saturated rings. The van der Waals surface area contributed by atoms with E-state index in [2.05, 4.69) is 4.84 Å². The van der Waals surface area contributed by atoms with E-state index in [4.69, 9.17) is 15.4 Å². The van der Waals surface area contributed by atoms with E-state index in [0.717, 1.165) is 6.07 Å². The Labute approximate surface area is 78.7 Å². The molecule has 5 nitrogen and oxygen atoms in total. The summed E-state index contributed by atoms with van der Waals surface area (Å²) >= 11 is 0. The number of aromatic hydroxyl groups is 1. The first-order chi connectivity index (χ1) is 6.74. The first kappa shape index (κ1) is 9.04. The zero-order valence-electron chi connectivity index (χ0n) is 7.12. The maximum Gasteiger partial charge on any atom is 0.231 e. The standard InChI is InChI=1S/C8H8FNO4/c9-5-1-6-8(13-3-12-6)4(2-14-10)7(5)11/h1,11H,2-3,10H2. The highest BCUT2D eigenvalue weighted by atomic mass is 19.1. The van der Waals surface area contributed by atoms with Crippen LogP contribution in [0.2, 0.25) is 0 Å². The molecule has 0 saturated carbocycles. The average molecular weight is 201 g/mol. The Morgan fingerprint density at radius 3 is 3.07 bits per heavy atom. The van der Waals surface area contributed by atoms with Crippen LogP contribution in [-0.4, -0.2) is 11.9 Å². The summed E-state index contributed by atoms with van der Waals surface area (Å²) in [6, 6.07) is 1.05. The van der Waals surface area contributed by atoms with Crippen molar-refractivity contribution in [3.63, 3.8) is 0 Å². The summed E-state index contributed by atoms with van der Waals surface area (Å²) in [5.41, 5.74) is 0.153. The zero-order valence-corrected chi connectivity index (χ0v) is 7.12. The fraction of sp³-hybridized carbons (Fsp3) is 0.250. The van der Waals surface area contributed by atoms with Crippen molar-refractivity contribution < 1.29 is 23.8 Å². The van der Waals surface area contributed by atoms with Gasteiger partial charge in [0.15, 0.2) is 23.1 Å². The second-order valence-corrected chi connectivity index (χ2v) is 2.73.